The minimum Gasteiger partial charge on any atom is -0.497 e. The molecule has 0 fully saturated rings. The first kappa shape index (κ1) is 37.7. The van der Waals surface area contributed by atoms with Crippen LogP contribution >= 0.6 is 0 Å². The van der Waals surface area contributed by atoms with Crippen LogP contribution in [0.4, 0.5) is 5.69 Å². The number of non-ortho nitro benzene ring substituents is 1. The standard InChI is InChI=1S/C39H33N3O13/c1-51-25-8-6-7-23(17-25)35(44)33-31(39(48)55-5)29(37(46)53-3)27-19-22(14-16-41(27)33)21-13-15-40-26(18-21)28(36(45)52-2)30(38(47)54-4)32(40)34(43)20-9-11-24(12-10-20)42(49)50/h6-19,26-27,32-33H,1-5H3. The molecule has 2 aromatic rings. The number of nitro groups is 1. The molecule has 16 nitrogen and oxygen atoms in total. The molecule has 0 amide bonds. The first-order valence-corrected chi connectivity index (χ1v) is 16.5. The summed E-state index contributed by atoms with van der Waals surface area (Å²) in [5.74, 6) is -4.42. The third-order valence-electron chi connectivity index (χ3n) is 9.65. The number of nitrogens with zero attached hydrogens (tertiary/aromatic N) is 3. The van der Waals surface area contributed by atoms with Crippen LogP contribution < -0.4 is 4.74 Å². The van der Waals surface area contributed by atoms with Crippen LogP contribution in [0.15, 0.2) is 119 Å². The Labute approximate surface area is 313 Å². The molecule has 0 saturated carbocycles. The van der Waals surface area contributed by atoms with Gasteiger partial charge in [-0.15, -0.1) is 0 Å². The number of ether oxygens (including phenoxy) is 5. The number of esters is 4. The normalized spacial score (nSPS) is 20.9. The lowest BCUT2D eigenvalue weighted by molar-refractivity contribution is -0.384. The van der Waals surface area contributed by atoms with Gasteiger partial charge in [0.05, 0.1) is 74.8 Å². The van der Waals surface area contributed by atoms with Gasteiger partial charge in [0.2, 0.25) is 0 Å². The highest BCUT2D eigenvalue weighted by Crippen LogP contribution is 2.42. The molecular weight excluding hydrogens is 718 g/mol. The Balaban J connectivity index is 1.44. The van der Waals surface area contributed by atoms with Gasteiger partial charge in [-0.1, -0.05) is 12.1 Å². The third-order valence-corrected chi connectivity index (χ3v) is 9.65. The van der Waals surface area contributed by atoms with E-state index in [0.717, 1.165) is 40.6 Å². The highest BCUT2D eigenvalue weighted by molar-refractivity contribution is 6.15. The van der Waals surface area contributed by atoms with E-state index in [4.69, 9.17) is 23.7 Å². The van der Waals surface area contributed by atoms with Gasteiger partial charge in [-0.2, -0.15) is 0 Å². The SMILES string of the molecule is COC(=O)C1=C(C(=O)OC)C(C(=O)c2ccc([N+](=O)[O-])cc2)N2C=CC(C3=CC4C(C(=O)OC)=C(C(=O)OC)C(C(=O)c5cccc(OC)c5)N4C=C3)=CC12. The summed E-state index contributed by atoms with van der Waals surface area (Å²) < 4.78 is 25.5. The fourth-order valence-corrected chi connectivity index (χ4v) is 7.11. The zero-order valence-electron chi connectivity index (χ0n) is 30.0. The van der Waals surface area contributed by atoms with Gasteiger partial charge in [0.25, 0.3) is 5.69 Å². The number of rotatable bonds is 11. The molecule has 16 heteroatoms. The summed E-state index contributed by atoms with van der Waals surface area (Å²) in [7, 11) is 5.93. The lowest BCUT2D eigenvalue weighted by Crippen LogP contribution is -2.42. The van der Waals surface area contributed by atoms with Crippen LogP contribution in [0.3, 0.4) is 0 Å². The Bertz CT molecular complexity index is 2230. The molecule has 55 heavy (non-hydrogen) atoms. The second-order valence-electron chi connectivity index (χ2n) is 12.4. The van der Waals surface area contributed by atoms with E-state index in [9.17, 15) is 38.9 Å². The molecule has 4 aliphatic rings. The van der Waals surface area contributed by atoms with Crippen LogP contribution in [0.5, 0.6) is 5.75 Å². The van der Waals surface area contributed by atoms with Crippen molar-refractivity contribution >= 4 is 41.1 Å². The van der Waals surface area contributed by atoms with Gasteiger partial charge >= 0.3 is 23.9 Å². The van der Waals surface area contributed by atoms with Crippen LogP contribution in [0, 0.1) is 10.1 Å². The number of allylic oxidation sites excluding steroid dienone is 4. The van der Waals surface area contributed by atoms with E-state index in [1.54, 1.807) is 48.7 Å². The molecule has 4 unspecified atom stereocenters. The topological polar surface area (TPSA) is 198 Å². The summed E-state index contributed by atoms with van der Waals surface area (Å²) in [6.45, 7) is 0. The summed E-state index contributed by atoms with van der Waals surface area (Å²) in [6.07, 6.45) is 9.56. The number of fused-ring (bicyclic) bond motifs is 2. The van der Waals surface area contributed by atoms with Gasteiger partial charge in [0.1, 0.15) is 17.8 Å². The number of carbonyl (C=O) groups is 6. The molecule has 4 atom stereocenters. The second kappa shape index (κ2) is 15.1. The van der Waals surface area contributed by atoms with Crippen molar-refractivity contribution in [3.63, 3.8) is 0 Å². The van der Waals surface area contributed by atoms with Crippen molar-refractivity contribution < 1.29 is 57.4 Å². The highest BCUT2D eigenvalue weighted by Gasteiger charge is 2.51. The minimum absolute atomic E-state index is 0.0332. The number of benzene rings is 2. The van der Waals surface area contributed by atoms with Crippen molar-refractivity contribution in [1.82, 2.24) is 9.80 Å². The predicted octanol–water partition coefficient (Wildman–Crippen LogP) is 2.97. The first-order valence-electron chi connectivity index (χ1n) is 16.5. The summed E-state index contributed by atoms with van der Waals surface area (Å²) in [4.78, 5) is 95.2. The van der Waals surface area contributed by atoms with Crippen LogP contribution in [-0.2, 0) is 38.1 Å². The van der Waals surface area contributed by atoms with Crippen molar-refractivity contribution in [3.8, 4) is 5.75 Å². The van der Waals surface area contributed by atoms with E-state index >= 15 is 0 Å². The molecule has 6 rings (SSSR count). The Hall–Kier alpha value is -7.10. The van der Waals surface area contributed by atoms with E-state index in [0.29, 0.717) is 16.9 Å². The Morgan fingerprint density at radius 3 is 1.45 bits per heavy atom. The van der Waals surface area contributed by atoms with Gasteiger partial charge in [0.15, 0.2) is 11.6 Å². The molecule has 282 valence electrons. The van der Waals surface area contributed by atoms with Crippen molar-refractivity contribution in [2.45, 2.75) is 24.2 Å². The summed E-state index contributed by atoms with van der Waals surface area (Å²) in [6, 6.07) is 6.41. The lowest BCUT2D eigenvalue weighted by atomic mass is 9.92. The maximum Gasteiger partial charge on any atom is 0.336 e. The van der Waals surface area contributed by atoms with Gasteiger partial charge in [-0.3, -0.25) is 19.7 Å². The molecule has 2 aromatic carbocycles. The van der Waals surface area contributed by atoms with Crippen LogP contribution in [0.2, 0.25) is 0 Å². The monoisotopic (exact) mass is 751 g/mol. The quantitative estimate of drug-likeness (QED) is 0.107. The van der Waals surface area contributed by atoms with E-state index in [1.807, 2.05) is 0 Å². The number of hydrogen-bond donors (Lipinski definition) is 0. The zero-order chi connectivity index (χ0) is 39.7. The Kier molecular flexibility index (Phi) is 10.3. The van der Waals surface area contributed by atoms with Crippen molar-refractivity contribution in [3.05, 3.63) is 140 Å². The van der Waals surface area contributed by atoms with Crippen LogP contribution in [0.25, 0.3) is 0 Å². The number of ketones is 2. The maximum atomic E-state index is 14.1. The molecule has 4 heterocycles. The third kappa shape index (κ3) is 6.47. The lowest BCUT2D eigenvalue weighted by Gasteiger charge is -2.34. The van der Waals surface area contributed by atoms with E-state index in [-0.39, 0.29) is 39.1 Å². The van der Waals surface area contributed by atoms with Gasteiger partial charge in [0, 0.05) is 35.7 Å². The molecule has 0 bridgehead atoms. The van der Waals surface area contributed by atoms with Gasteiger partial charge < -0.3 is 33.5 Å². The second-order valence-corrected chi connectivity index (χ2v) is 12.4. The first-order chi connectivity index (χ1) is 26.4. The smallest absolute Gasteiger partial charge is 0.336 e. The summed E-state index contributed by atoms with van der Waals surface area (Å²) >= 11 is 0. The van der Waals surface area contributed by atoms with Gasteiger partial charge in [-0.05, 0) is 59.7 Å². The number of methoxy groups -OCH3 is 5. The average Bonchev–Trinajstić information content (AvgIpc) is 3.74. The van der Waals surface area contributed by atoms with Gasteiger partial charge in [-0.25, -0.2) is 19.2 Å². The maximum absolute atomic E-state index is 14.1. The van der Waals surface area contributed by atoms with Crippen molar-refractivity contribution in [1.29, 1.82) is 0 Å². The predicted molar refractivity (Wildman–Crippen MR) is 190 cm³/mol. The molecular formula is C39H33N3O13. The number of nitro benzene ring substituents is 1. The Morgan fingerprint density at radius 1 is 0.600 bits per heavy atom. The fraction of sp³-hybridized carbons (Fsp3) is 0.231. The largest absolute Gasteiger partial charge is 0.497 e. The van der Waals surface area contributed by atoms with Crippen molar-refractivity contribution in [2.24, 2.45) is 0 Å². The van der Waals surface area contributed by atoms with Crippen LogP contribution in [-0.4, -0.2) is 110 Å². The van der Waals surface area contributed by atoms with E-state index in [1.165, 1.54) is 41.3 Å². The van der Waals surface area contributed by atoms with Crippen molar-refractivity contribution in [2.75, 3.05) is 35.5 Å². The van der Waals surface area contributed by atoms with Crippen LogP contribution in [0.1, 0.15) is 20.7 Å². The Morgan fingerprint density at radius 2 is 1.04 bits per heavy atom. The fourth-order valence-electron chi connectivity index (χ4n) is 7.11. The summed E-state index contributed by atoms with van der Waals surface area (Å²) in [5, 5.41) is 11.2. The van der Waals surface area contributed by atoms with E-state index < -0.39 is 64.5 Å². The number of carbonyl (C=O) groups excluding carboxylic acids is 6. The molecule has 0 radical (unpaired) electrons. The zero-order valence-corrected chi connectivity index (χ0v) is 30.0. The molecule has 4 aliphatic heterocycles. The molecule has 0 aliphatic carbocycles. The molecule has 0 spiro atoms. The number of Topliss-reactive ketones (excluding diaryl/α,β-unsaturated/α-hetero) is 2. The molecule has 0 aromatic heterocycles. The number of hydrogen-bond acceptors (Lipinski definition) is 15. The summed E-state index contributed by atoms with van der Waals surface area (Å²) in [5.41, 5.74) is 0.144. The molecule has 0 saturated heterocycles. The average molecular weight is 752 g/mol. The highest BCUT2D eigenvalue weighted by atomic mass is 16.6. The molecule has 0 N–H and O–H groups in total. The minimum atomic E-state index is -1.39. The van der Waals surface area contributed by atoms with E-state index in [2.05, 4.69) is 0 Å².